The second-order valence-electron chi connectivity index (χ2n) is 6.20. The number of piperidine rings is 1. The molecule has 5 heteroatoms. The summed E-state index contributed by atoms with van der Waals surface area (Å²) in [6.07, 6.45) is 3.62. The maximum atomic E-state index is 11.0. The monoisotopic (exact) mass is 325 g/mol. The first kappa shape index (κ1) is 16.5. The van der Waals surface area contributed by atoms with E-state index >= 15 is 0 Å². The number of carbonyl (C=O) groups is 1. The number of nitrogens with one attached hydrogen (secondary N) is 1. The number of likely N-dealkylation sites (tertiary alicyclic amines) is 1. The SMILES string of the molecule is O=C(O)c1cccc(NCC2CCCCN2Cc2ccccc2)n1. The van der Waals surface area contributed by atoms with Crippen LogP contribution >= 0.6 is 0 Å². The number of carboxylic acid groups (broad SMARTS) is 1. The molecule has 2 N–H and O–H groups in total. The first-order valence-corrected chi connectivity index (χ1v) is 8.44. The van der Waals surface area contributed by atoms with Crippen molar-refractivity contribution in [2.75, 3.05) is 18.4 Å². The van der Waals surface area contributed by atoms with Gasteiger partial charge >= 0.3 is 5.97 Å². The smallest absolute Gasteiger partial charge is 0.354 e. The third kappa shape index (κ3) is 4.32. The minimum absolute atomic E-state index is 0.0739. The Labute approximate surface area is 142 Å². The van der Waals surface area contributed by atoms with E-state index in [1.165, 1.54) is 24.5 Å². The Morgan fingerprint density at radius 1 is 1.17 bits per heavy atom. The Bertz CT molecular complexity index is 675. The van der Waals surface area contributed by atoms with Crippen LogP contribution in [0.3, 0.4) is 0 Å². The molecule has 1 aliphatic heterocycles. The molecule has 1 atom stereocenters. The highest BCUT2D eigenvalue weighted by Crippen LogP contribution is 2.20. The third-order valence-electron chi connectivity index (χ3n) is 4.46. The second-order valence-corrected chi connectivity index (χ2v) is 6.20. The first-order chi connectivity index (χ1) is 11.7. The van der Waals surface area contributed by atoms with Crippen molar-refractivity contribution in [3.63, 3.8) is 0 Å². The van der Waals surface area contributed by atoms with Crippen LogP contribution < -0.4 is 5.32 Å². The summed E-state index contributed by atoms with van der Waals surface area (Å²) in [5.74, 6) is -0.373. The molecule has 0 amide bonds. The highest BCUT2D eigenvalue weighted by Gasteiger charge is 2.22. The van der Waals surface area contributed by atoms with Gasteiger partial charge in [0, 0.05) is 19.1 Å². The van der Waals surface area contributed by atoms with Crippen molar-refractivity contribution in [2.24, 2.45) is 0 Å². The lowest BCUT2D eigenvalue weighted by Crippen LogP contribution is -2.43. The van der Waals surface area contributed by atoms with Crippen molar-refractivity contribution in [3.05, 3.63) is 59.8 Å². The highest BCUT2D eigenvalue weighted by atomic mass is 16.4. The van der Waals surface area contributed by atoms with Gasteiger partial charge in [0.15, 0.2) is 5.69 Å². The van der Waals surface area contributed by atoms with Crippen molar-refractivity contribution in [1.82, 2.24) is 9.88 Å². The molecule has 24 heavy (non-hydrogen) atoms. The predicted octanol–water partition coefficient (Wildman–Crippen LogP) is 3.25. The number of benzene rings is 1. The summed E-state index contributed by atoms with van der Waals surface area (Å²) >= 11 is 0. The molecule has 1 aromatic carbocycles. The van der Waals surface area contributed by atoms with E-state index in [0.29, 0.717) is 11.9 Å². The molecule has 126 valence electrons. The molecule has 1 aromatic heterocycles. The highest BCUT2D eigenvalue weighted by molar-refractivity contribution is 5.85. The molecule has 0 bridgehead atoms. The van der Waals surface area contributed by atoms with Crippen LogP contribution in [0.15, 0.2) is 48.5 Å². The zero-order chi connectivity index (χ0) is 16.8. The van der Waals surface area contributed by atoms with Crippen LogP contribution in [0.25, 0.3) is 0 Å². The number of hydrogen-bond donors (Lipinski definition) is 2. The maximum absolute atomic E-state index is 11.0. The van der Waals surface area contributed by atoms with Crippen molar-refractivity contribution >= 4 is 11.8 Å². The van der Waals surface area contributed by atoms with Gasteiger partial charge in [-0.3, -0.25) is 4.90 Å². The molecule has 5 nitrogen and oxygen atoms in total. The van der Waals surface area contributed by atoms with E-state index < -0.39 is 5.97 Å². The quantitative estimate of drug-likeness (QED) is 0.853. The minimum atomic E-state index is -0.998. The molecule has 1 saturated heterocycles. The number of aromatic carboxylic acids is 1. The van der Waals surface area contributed by atoms with Crippen molar-refractivity contribution in [1.29, 1.82) is 0 Å². The zero-order valence-electron chi connectivity index (χ0n) is 13.7. The van der Waals surface area contributed by atoms with E-state index in [-0.39, 0.29) is 5.69 Å². The topological polar surface area (TPSA) is 65.5 Å². The van der Waals surface area contributed by atoms with Crippen molar-refractivity contribution < 1.29 is 9.90 Å². The minimum Gasteiger partial charge on any atom is -0.477 e. The largest absolute Gasteiger partial charge is 0.477 e. The Kier molecular flexibility index (Phi) is 5.43. The molecule has 1 fully saturated rings. The van der Waals surface area contributed by atoms with Gasteiger partial charge in [0.1, 0.15) is 5.82 Å². The van der Waals surface area contributed by atoms with Gasteiger partial charge in [0.2, 0.25) is 0 Å². The third-order valence-corrected chi connectivity index (χ3v) is 4.46. The Hall–Kier alpha value is -2.40. The van der Waals surface area contributed by atoms with Crippen LogP contribution in [0.1, 0.15) is 35.3 Å². The number of pyridine rings is 1. The number of anilines is 1. The molecule has 0 aliphatic carbocycles. The number of aromatic nitrogens is 1. The molecule has 2 heterocycles. The van der Waals surface area contributed by atoms with Crippen LogP contribution in [0.4, 0.5) is 5.82 Å². The van der Waals surface area contributed by atoms with Gasteiger partial charge in [-0.1, -0.05) is 42.8 Å². The van der Waals surface area contributed by atoms with Crippen molar-refractivity contribution in [2.45, 2.75) is 31.8 Å². The predicted molar refractivity (Wildman–Crippen MR) is 94.2 cm³/mol. The Morgan fingerprint density at radius 2 is 2.00 bits per heavy atom. The van der Waals surface area contributed by atoms with E-state index in [0.717, 1.165) is 26.1 Å². The van der Waals surface area contributed by atoms with Crippen LogP contribution in [-0.2, 0) is 6.54 Å². The number of hydrogen-bond acceptors (Lipinski definition) is 4. The Balaban J connectivity index is 1.61. The molecule has 2 aromatic rings. The molecule has 1 aliphatic rings. The number of rotatable bonds is 6. The average molecular weight is 325 g/mol. The molecular formula is C19H23N3O2. The zero-order valence-corrected chi connectivity index (χ0v) is 13.7. The van der Waals surface area contributed by atoms with Gasteiger partial charge in [0.05, 0.1) is 0 Å². The summed E-state index contributed by atoms with van der Waals surface area (Å²) in [7, 11) is 0. The van der Waals surface area contributed by atoms with Crippen LogP contribution in [0.5, 0.6) is 0 Å². The lowest BCUT2D eigenvalue weighted by Gasteiger charge is -2.36. The molecular weight excluding hydrogens is 302 g/mol. The molecule has 3 rings (SSSR count). The average Bonchev–Trinajstić information content (AvgIpc) is 2.62. The fraction of sp³-hybridized carbons (Fsp3) is 0.368. The van der Waals surface area contributed by atoms with E-state index in [4.69, 9.17) is 5.11 Å². The normalized spacial score (nSPS) is 18.2. The van der Waals surface area contributed by atoms with Gasteiger partial charge in [-0.05, 0) is 37.1 Å². The van der Waals surface area contributed by atoms with E-state index in [2.05, 4.69) is 39.5 Å². The second kappa shape index (κ2) is 7.93. The fourth-order valence-corrected chi connectivity index (χ4v) is 3.19. The van der Waals surface area contributed by atoms with Crippen LogP contribution in [0, 0.1) is 0 Å². The summed E-state index contributed by atoms with van der Waals surface area (Å²) in [4.78, 5) is 17.7. The van der Waals surface area contributed by atoms with E-state index in [1.807, 2.05) is 12.1 Å². The van der Waals surface area contributed by atoms with E-state index in [1.54, 1.807) is 6.07 Å². The lowest BCUT2D eigenvalue weighted by atomic mass is 10.0. The summed E-state index contributed by atoms with van der Waals surface area (Å²) < 4.78 is 0. The van der Waals surface area contributed by atoms with Crippen LogP contribution in [0.2, 0.25) is 0 Å². The van der Waals surface area contributed by atoms with E-state index in [9.17, 15) is 4.79 Å². The number of carboxylic acids is 1. The molecule has 0 radical (unpaired) electrons. The van der Waals surface area contributed by atoms with Gasteiger partial charge in [-0.15, -0.1) is 0 Å². The van der Waals surface area contributed by atoms with Gasteiger partial charge in [0.25, 0.3) is 0 Å². The molecule has 0 spiro atoms. The summed E-state index contributed by atoms with van der Waals surface area (Å²) in [6, 6.07) is 16.0. The molecule has 1 unspecified atom stereocenters. The summed E-state index contributed by atoms with van der Waals surface area (Å²) in [5, 5.41) is 12.3. The Morgan fingerprint density at radius 3 is 2.79 bits per heavy atom. The van der Waals surface area contributed by atoms with Gasteiger partial charge in [-0.2, -0.15) is 0 Å². The van der Waals surface area contributed by atoms with Crippen molar-refractivity contribution in [3.8, 4) is 0 Å². The first-order valence-electron chi connectivity index (χ1n) is 8.44. The standard InChI is InChI=1S/C19H23N3O2/c23-19(24)17-10-6-11-18(21-17)20-13-16-9-4-5-12-22(16)14-15-7-2-1-3-8-15/h1-3,6-8,10-11,16H,4-5,9,12-14H2,(H,20,21)(H,23,24). The number of nitrogens with zero attached hydrogens (tertiary/aromatic N) is 2. The maximum Gasteiger partial charge on any atom is 0.354 e. The van der Waals surface area contributed by atoms with Crippen LogP contribution in [-0.4, -0.2) is 40.1 Å². The fourth-order valence-electron chi connectivity index (χ4n) is 3.19. The lowest BCUT2D eigenvalue weighted by molar-refractivity contribution is 0.0690. The molecule has 0 saturated carbocycles. The summed E-state index contributed by atoms with van der Waals surface area (Å²) in [5.41, 5.74) is 1.40. The van der Waals surface area contributed by atoms with Gasteiger partial charge < -0.3 is 10.4 Å². The summed E-state index contributed by atoms with van der Waals surface area (Å²) in [6.45, 7) is 2.84. The van der Waals surface area contributed by atoms with Gasteiger partial charge in [-0.25, -0.2) is 9.78 Å².